The Labute approximate surface area is 141 Å². The summed E-state index contributed by atoms with van der Waals surface area (Å²) in [5.74, 6) is -0.366. The van der Waals surface area contributed by atoms with Crippen molar-refractivity contribution in [3.63, 3.8) is 0 Å². The van der Waals surface area contributed by atoms with Crippen molar-refractivity contribution in [2.45, 2.75) is 6.92 Å². The first-order valence-corrected chi connectivity index (χ1v) is 8.18. The fraction of sp³-hybridized carbons (Fsp3) is 0.118. The van der Waals surface area contributed by atoms with Gasteiger partial charge in [-0.1, -0.05) is 12.1 Å². The highest BCUT2D eigenvalue weighted by Gasteiger charge is 2.05. The molecule has 0 fully saturated rings. The van der Waals surface area contributed by atoms with Crippen LogP contribution < -0.4 is 15.7 Å². The molecule has 0 aliphatic heterocycles. The highest BCUT2D eigenvalue weighted by Crippen LogP contribution is 2.12. The lowest BCUT2D eigenvalue weighted by Gasteiger charge is -2.03. The Hall–Kier alpha value is -2.93. The number of aromatic amines is 1. The number of para-hydroxylation sites is 1. The Kier molecular flexibility index (Phi) is 4.72. The zero-order valence-corrected chi connectivity index (χ0v) is 13.7. The summed E-state index contributed by atoms with van der Waals surface area (Å²) in [5.41, 5.74) is 4.49. The number of rotatable bonds is 4. The molecule has 0 atom stereocenters. The quantitative estimate of drug-likeness (QED) is 0.564. The topological polar surface area (TPSA) is 83.5 Å². The molecule has 0 bridgehead atoms. The van der Waals surface area contributed by atoms with E-state index in [0.29, 0.717) is 22.5 Å². The summed E-state index contributed by atoms with van der Waals surface area (Å²) < 4.78 is 6.19. The minimum absolute atomic E-state index is 0.255. The number of nitrogens with one attached hydrogen (secondary N) is 2. The van der Waals surface area contributed by atoms with Gasteiger partial charge in [-0.25, -0.2) is 4.79 Å². The monoisotopic (exact) mass is 341 g/mol. The molecule has 3 rings (SSSR count). The van der Waals surface area contributed by atoms with Gasteiger partial charge in [0.15, 0.2) is 0 Å². The Bertz CT molecular complexity index is 990. The van der Waals surface area contributed by atoms with Gasteiger partial charge in [-0.2, -0.15) is 5.10 Å². The lowest BCUT2D eigenvalue weighted by Crippen LogP contribution is -2.25. The minimum atomic E-state index is -0.366. The number of carbonyl (C=O) groups excluding carboxylic acids is 1. The highest BCUT2D eigenvalue weighted by atomic mass is 32.1. The number of ether oxygens (including phenoxy) is 1. The summed E-state index contributed by atoms with van der Waals surface area (Å²) in [6.07, 6.45) is 0. The van der Waals surface area contributed by atoms with E-state index in [1.807, 2.05) is 24.3 Å². The second-order valence-electron chi connectivity index (χ2n) is 4.88. The van der Waals surface area contributed by atoms with Crippen LogP contribution in [0.2, 0.25) is 0 Å². The number of nitrogens with zero attached hydrogens (tertiary/aromatic N) is 1. The molecule has 1 aromatic heterocycles. The van der Waals surface area contributed by atoms with Crippen molar-refractivity contribution in [1.82, 2.24) is 4.98 Å². The zero-order valence-electron chi connectivity index (χ0n) is 12.9. The predicted octanol–water partition coefficient (Wildman–Crippen LogP) is 2.69. The minimum Gasteiger partial charge on any atom is -0.462 e. The molecule has 2 N–H and O–H groups in total. The van der Waals surface area contributed by atoms with Gasteiger partial charge in [0.25, 0.3) is 5.56 Å². The number of benzene rings is 2. The molecule has 0 saturated heterocycles. The van der Waals surface area contributed by atoms with Crippen molar-refractivity contribution < 1.29 is 9.53 Å². The summed E-state index contributed by atoms with van der Waals surface area (Å²) in [6, 6.07) is 14.2. The van der Waals surface area contributed by atoms with Crippen LogP contribution in [-0.2, 0) is 4.74 Å². The van der Waals surface area contributed by atoms with Gasteiger partial charge in [-0.05, 0) is 43.3 Å². The largest absolute Gasteiger partial charge is 0.462 e. The average Bonchev–Trinajstić information content (AvgIpc) is 2.60. The summed E-state index contributed by atoms with van der Waals surface area (Å²) >= 11 is 1.30. The van der Waals surface area contributed by atoms with Crippen LogP contribution in [0, 0.1) is 0 Å². The van der Waals surface area contributed by atoms with E-state index in [9.17, 15) is 9.59 Å². The van der Waals surface area contributed by atoms with Gasteiger partial charge in [-0.15, -0.1) is 11.3 Å². The van der Waals surface area contributed by atoms with E-state index in [-0.39, 0.29) is 11.5 Å². The maximum Gasteiger partial charge on any atom is 0.338 e. The van der Waals surface area contributed by atoms with Crippen LogP contribution in [-0.4, -0.2) is 17.6 Å². The second kappa shape index (κ2) is 7.10. The lowest BCUT2D eigenvalue weighted by atomic mass is 10.2. The van der Waals surface area contributed by atoms with Crippen LogP contribution in [0.1, 0.15) is 17.3 Å². The van der Waals surface area contributed by atoms with E-state index >= 15 is 0 Å². The molecule has 0 aliphatic carbocycles. The molecule has 3 aromatic rings. The molecular weight excluding hydrogens is 326 g/mol. The first kappa shape index (κ1) is 15.9. The number of esters is 1. The van der Waals surface area contributed by atoms with Crippen molar-refractivity contribution in [2.75, 3.05) is 12.0 Å². The average molecular weight is 341 g/mol. The Morgan fingerprint density at radius 2 is 1.96 bits per heavy atom. The molecule has 2 aromatic carbocycles. The molecule has 0 amide bonds. The van der Waals surface area contributed by atoms with E-state index in [4.69, 9.17) is 4.74 Å². The van der Waals surface area contributed by atoms with Gasteiger partial charge < -0.3 is 9.72 Å². The summed E-state index contributed by atoms with van der Waals surface area (Å²) in [4.78, 5) is 26.4. The molecular formula is C17H15N3O3S. The number of hydrogen-bond donors (Lipinski definition) is 2. The third kappa shape index (κ3) is 3.52. The standard InChI is InChI=1S/C17H15N3O3S/c1-2-23-17(22)11-7-9-12(10-8-11)19-20-16-15(21)18-13-5-3-4-6-14(13)24-16/h3-10,19H,2H2,1H3,(H,18,21)/b20-16+. The van der Waals surface area contributed by atoms with E-state index < -0.39 is 0 Å². The van der Waals surface area contributed by atoms with Crippen LogP contribution in [0.4, 0.5) is 5.69 Å². The van der Waals surface area contributed by atoms with Crippen molar-refractivity contribution in [2.24, 2.45) is 5.10 Å². The highest BCUT2D eigenvalue weighted by molar-refractivity contribution is 7.16. The second-order valence-corrected chi connectivity index (χ2v) is 5.91. The Morgan fingerprint density at radius 3 is 2.71 bits per heavy atom. The molecule has 6 nitrogen and oxygen atoms in total. The number of fused-ring (bicyclic) bond motifs is 1. The third-order valence-corrected chi connectivity index (χ3v) is 4.26. The van der Waals surface area contributed by atoms with E-state index in [0.717, 1.165) is 10.2 Å². The van der Waals surface area contributed by atoms with Gasteiger partial charge >= 0.3 is 5.97 Å². The van der Waals surface area contributed by atoms with Crippen molar-refractivity contribution >= 4 is 33.2 Å². The van der Waals surface area contributed by atoms with Crippen molar-refractivity contribution in [3.8, 4) is 0 Å². The van der Waals surface area contributed by atoms with Crippen LogP contribution in [0.3, 0.4) is 0 Å². The Morgan fingerprint density at radius 1 is 1.21 bits per heavy atom. The molecule has 122 valence electrons. The first-order chi connectivity index (χ1) is 11.7. The van der Waals surface area contributed by atoms with E-state index in [1.54, 1.807) is 31.2 Å². The molecule has 0 saturated carbocycles. The molecule has 1 heterocycles. The number of anilines is 1. The fourth-order valence-electron chi connectivity index (χ4n) is 2.07. The normalized spacial score (nSPS) is 11.5. The maximum atomic E-state index is 12.0. The number of H-pyrrole nitrogens is 1. The van der Waals surface area contributed by atoms with Crippen LogP contribution in [0.15, 0.2) is 58.4 Å². The summed E-state index contributed by atoms with van der Waals surface area (Å²) in [6.45, 7) is 2.09. The van der Waals surface area contributed by atoms with Gasteiger partial charge in [-0.3, -0.25) is 10.2 Å². The van der Waals surface area contributed by atoms with Gasteiger partial charge in [0.2, 0.25) is 4.67 Å². The molecule has 0 aliphatic rings. The SMILES string of the molecule is CCOC(=O)c1ccc(N/N=c2/sc3ccccc3[nH]c2=O)cc1. The summed E-state index contributed by atoms with van der Waals surface area (Å²) in [7, 11) is 0. The van der Waals surface area contributed by atoms with Crippen molar-refractivity contribution in [1.29, 1.82) is 0 Å². The van der Waals surface area contributed by atoms with E-state index in [1.165, 1.54) is 11.3 Å². The Balaban J connectivity index is 1.84. The number of aromatic nitrogens is 1. The van der Waals surface area contributed by atoms with Gasteiger partial charge in [0.05, 0.1) is 28.1 Å². The lowest BCUT2D eigenvalue weighted by molar-refractivity contribution is 0.0526. The smallest absolute Gasteiger partial charge is 0.338 e. The van der Waals surface area contributed by atoms with Crippen LogP contribution in [0.5, 0.6) is 0 Å². The number of carbonyl (C=O) groups is 1. The molecule has 24 heavy (non-hydrogen) atoms. The molecule has 0 unspecified atom stereocenters. The zero-order chi connectivity index (χ0) is 16.9. The molecule has 0 spiro atoms. The van der Waals surface area contributed by atoms with Crippen molar-refractivity contribution in [3.05, 3.63) is 69.1 Å². The summed E-state index contributed by atoms with van der Waals surface area (Å²) in [5, 5.41) is 4.15. The molecule has 7 heteroatoms. The fourth-order valence-corrected chi connectivity index (χ4v) is 2.89. The van der Waals surface area contributed by atoms with E-state index in [2.05, 4.69) is 15.5 Å². The third-order valence-electron chi connectivity index (χ3n) is 3.22. The first-order valence-electron chi connectivity index (χ1n) is 7.36. The maximum absolute atomic E-state index is 12.0. The van der Waals surface area contributed by atoms with Crippen LogP contribution >= 0.6 is 11.3 Å². The van der Waals surface area contributed by atoms with Crippen LogP contribution in [0.25, 0.3) is 10.2 Å². The number of hydrogen-bond acceptors (Lipinski definition) is 6. The predicted molar refractivity (Wildman–Crippen MR) is 94.0 cm³/mol. The molecule has 0 radical (unpaired) electrons. The van der Waals surface area contributed by atoms with Gasteiger partial charge in [0, 0.05) is 0 Å². The van der Waals surface area contributed by atoms with Gasteiger partial charge in [0.1, 0.15) is 0 Å².